The molecule has 4 heterocycles. The summed E-state index contributed by atoms with van der Waals surface area (Å²) in [4.78, 5) is 18.7. The van der Waals surface area contributed by atoms with Crippen molar-refractivity contribution in [2.45, 2.75) is 37.1 Å². The van der Waals surface area contributed by atoms with Gasteiger partial charge in [0.05, 0.1) is 49.1 Å². The number of nitrogen functional groups attached to an aromatic ring is 1. The number of nitrogens with two attached hydrogens (primary N) is 2. The number of aromatic nitrogens is 5. The van der Waals surface area contributed by atoms with Crippen molar-refractivity contribution in [2.24, 2.45) is 11.7 Å². The number of aliphatic hydroxyl groups excluding tert-OH is 1. The summed E-state index contributed by atoms with van der Waals surface area (Å²) >= 11 is 0. The molecule has 14 heteroatoms. The number of benzene rings is 1. The Balaban J connectivity index is 1.45. The molecule has 4 aromatic rings. The number of piperidine rings is 1. The normalized spacial score (nSPS) is 22.9. The summed E-state index contributed by atoms with van der Waals surface area (Å²) in [7, 11) is 1.23. The molecule has 0 bridgehead atoms. The van der Waals surface area contributed by atoms with Crippen LogP contribution in [0.25, 0.3) is 22.4 Å². The van der Waals surface area contributed by atoms with Crippen LogP contribution in [0.5, 0.6) is 5.75 Å². The van der Waals surface area contributed by atoms with Gasteiger partial charge >= 0.3 is 0 Å². The Kier molecular flexibility index (Phi) is 5.84. The van der Waals surface area contributed by atoms with Crippen LogP contribution in [0.15, 0.2) is 37.1 Å². The molecule has 0 radical (unpaired) electrons. The van der Waals surface area contributed by atoms with Gasteiger partial charge in [0.2, 0.25) is 0 Å². The molecule has 10 nitrogen and oxygen atoms in total. The highest BCUT2D eigenvalue weighted by Crippen LogP contribution is 2.56. The zero-order chi connectivity index (χ0) is 27.6. The Morgan fingerprint density at radius 1 is 1.15 bits per heavy atom. The summed E-state index contributed by atoms with van der Waals surface area (Å²) in [5, 5.41) is 10.2. The van der Waals surface area contributed by atoms with Gasteiger partial charge < -0.3 is 30.8 Å². The van der Waals surface area contributed by atoms with E-state index in [0.29, 0.717) is 35.4 Å². The molecule has 204 valence electrons. The first-order valence-electron chi connectivity index (χ1n) is 12.1. The summed E-state index contributed by atoms with van der Waals surface area (Å²) in [5.74, 6) is -1.88. The highest BCUT2D eigenvalue weighted by atomic mass is 19.3. The fraction of sp³-hybridized carbons (Fsp3) is 0.360. The third-order valence-electron chi connectivity index (χ3n) is 7.76. The molecule has 5 N–H and O–H groups in total. The smallest absolute Gasteiger partial charge is 0.265 e. The van der Waals surface area contributed by atoms with E-state index in [1.165, 1.54) is 26.0 Å². The van der Waals surface area contributed by atoms with E-state index in [4.69, 9.17) is 16.2 Å². The first-order chi connectivity index (χ1) is 18.6. The van der Waals surface area contributed by atoms with E-state index >= 15 is 0 Å². The number of imidazole rings is 1. The Morgan fingerprint density at radius 3 is 2.69 bits per heavy atom. The van der Waals surface area contributed by atoms with E-state index in [9.17, 15) is 22.7 Å². The minimum Gasteiger partial charge on any atom is -0.494 e. The van der Waals surface area contributed by atoms with Crippen molar-refractivity contribution < 1.29 is 27.4 Å². The molecule has 1 aromatic carbocycles. The Morgan fingerprint density at radius 2 is 1.95 bits per heavy atom. The van der Waals surface area contributed by atoms with Gasteiger partial charge in [0.15, 0.2) is 23.0 Å². The average Bonchev–Trinajstić information content (AvgIpc) is 3.23. The number of fused-ring (bicyclic) bond motifs is 2. The van der Waals surface area contributed by atoms with Crippen molar-refractivity contribution in [1.82, 2.24) is 24.5 Å². The van der Waals surface area contributed by atoms with Crippen LogP contribution in [0.1, 0.15) is 12.0 Å². The number of halogens is 4. The van der Waals surface area contributed by atoms with Crippen LogP contribution in [0.4, 0.5) is 29.1 Å². The first-order valence-corrected chi connectivity index (χ1v) is 12.1. The molecule has 0 spiro atoms. The number of nitrogens with zero attached hydrogens (tertiary/aromatic N) is 6. The van der Waals surface area contributed by atoms with Crippen molar-refractivity contribution in [3.63, 3.8) is 0 Å². The van der Waals surface area contributed by atoms with Crippen LogP contribution in [0, 0.1) is 17.6 Å². The molecule has 4 atom stereocenters. The van der Waals surface area contributed by atoms with E-state index in [-0.39, 0.29) is 35.3 Å². The van der Waals surface area contributed by atoms with Crippen LogP contribution in [0.2, 0.25) is 0 Å². The highest BCUT2D eigenvalue weighted by molar-refractivity contribution is 5.81. The van der Waals surface area contributed by atoms with Crippen molar-refractivity contribution in [2.75, 3.05) is 24.3 Å². The Hall–Kier alpha value is -4.04. The Labute approximate surface area is 219 Å². The van der Waals surface area contributed by atoms with Crippen LogP contribution in [-0.4, -0.2) is 67.4 Å². The summed E-state index contributed by atoms with van der Waals surface area (Å²) < 4.78 is 62.8. The molecule has 1 aliphatic heterocycles. The van der Waals surface area contributed by atoms with Crippen molar-refractivity contribution in [3.8, 4) is 17.0 Å². The van der Waals surface area contributed by atoms with Crippen LogP contribution in [0.3, 0.4) is 0 Å². The van der Waals surface area contributed by atoms with Crippen molar-refractivity contribution in [1.29, 1.82) is 0 Å². The lowest BCUT2D eigenvalue weighted by Gasteiger charge is -2.30. The second kappa shape index (κ2) is 9.02. The number of pyridine rings is 1. The van der Waals surface area contributed by atoms with Gasteiger partial charge in [0.1, 0.15) is 23.8 Å². The topological polar surface area (TPSA) is 141 Å². The van der Waals surface area contributed by atoms with Crippen molar-refractivity contribution >= 4 is 22.7 Å². The van der Waals surface area contributed by atoms with E-state index < -0.39 is 35.7 Å². The number of rotatable bonds is 7. The molecule has 2 fully saturated rings. The number of hydrogen-bond acceptors (Lipinski definition) is 9. The maximum Gasteiger partial charge on any atom is 0.265 e. The number of hydrogen-bond donors (Lipinski definition) is 3. The van der Waals surface area contributed by atoms with E-state index in [0.717, 1.165) is 12.1 Å². The summed E-state index contributed by atoms with van der Waals surface area (Å²) in [6.45, 7) is 0.643. The summed E-state index contributed by atoms with van der Waals surface area (Å²) in [6.07, 6.45) is -0.177. The van der Waals surface area contributed by atoms with Gasteiger partial charge in [0.25, 0.3) is 6.43 Å². The van der Waals surface area contributed by atoms with Gasteiger partial charge in [-0.1, -0.05) is 0 Å². The molecule has 6 rings (SSSR count). The van der Waals surface area contributed by atoms with Crippen LogP contribution < -0.4 is 21.1 Å². The average molecular weight is 545 g/mol. The highest BCUT2D eigenvalue weighted by Gasteiger charge is 2.72. The van der Waals surface area contributed by atoms with Crippen LogP contribution >= 0.6 is 0 Å². The lowest BCUT2D eigenvalue weighted by atomic mass is 10.0. The van der Waals surface area contributed by atoms with E-state index in [1.54, 1.807) is 10.6 Å². The number of alkyl halides is 2. The minimum atomic E-state index is -2.99. The van der Waals surface area contributed by atoms with Gasteiger partial charge in [-0.3, -0.25) is 4.98 Å². The number of ether oxygens (including phenoxy) is 1. The molecule has 0 amide bonds. The fourth-order valence-electron chi connectivity index (χ4n) is 5.78. The molecule has 3 aromatic heterocycles. The summed E-state index contributed by atoms with van der Waals surface area (Å²) in [6, 6.07) is 2.98. The SMILES string of the molecule is COc1cc(F)c(-c2cc(Cn3cnc4c(N)ncnc43)c(N3CCC4C3[C@]4(N)[C@H](O)C(F)F)cn2)cc1F. The second-order valence-electron chi connectivity index (χ2n) is 9.78. The minimum absolute atomic E-state index is 0.0878. The lowest BCUT2D eigenvalue weighted by Crippen LogP contribution is -2.51. The molecular weight excluding hydrogens is 520 g/mol. The first kappa shape index (κ1) is 25.2. The zero-order valence-corrected chi connectivity index (χ0v) is 20.6. The molecule has 1 aliphatic carbocycles. The monoisotopic (exact) mass is 544 g/mol. The number of aliphatic hydroxyl groups is 1. The number of methoxy groups -OCH3 is 1. The van der Waals surface area contributed by atoms with Crippen molar-refractivity contribution in [3.05, 3.63) is 54.2 Å². The van der Waals surface area contributed by atoms with E-state index in [2.05, 4.69) is 19.9 Å². The fourth-order valence-corrected chi connectivity index (χ4v) is 5.78. The molecule has 1 saturated carbocycles. The lowest BCUT2D eigenvalue weighted by molar-refractivity contribution is -0.0303. The predicted molar refractivity (Wildman–Crippen MR) is 133 cm³/mol. The second-order valence-corrected chi connectivity index (χ2v) is 9.78. The third-order valence-corrected chi connectivity index (χ3v) is 7.76. The van der Waals surface area contributed by atoms with Gasteiger partial charge in [-0.05, 0) is 24.1 Å². The summed E-state index contributed by atoms with van der Waals surface area (Å²) in [5.41, 5.74) is 12.8. The maximum atomic E-state index is 14.9. The quantitative estimate of drug-likeness (QED) is 0.299. The largest absolute Gasteiger partial charge is 0.494 e. The standard InChI is InChI=1S/C25H24F4N8O2/c1-39-18-6-14(26)12(5-15(18)27)16-4-11(8-36-10-35-19-23(30)33-9-34-24(19)36)17(7-32-16)37-3-2-13-20(37)25(13,31)21(38)22(28)29/h4-7,9-10,13,20-22,38H,2-3,8,31H2,1H3,(H2,30,33,34)/t13?,20?,21-,25+/m1/s1. The molecule has 1 saturated heterocycles. The molecular formula is C25H24F4N8O2. The molecule has 2 aliphatic rings. The van der Waals surface area contributed by atoms with Gasteiger partial charge in [-0.15, -0.1) is 0 Å². The van der Waals surface area contributed by atoms with Gasteiger partial charge in [-0.2, -0.15) is 0 Å². The predicted octanol–water partition coefficient (Wildman–Crippen LogP) is 2.34. The van der Waals surface area contributed by atoms with E-state index in [1.807, 2.05) is 4.90 Å². The zero-order valence-electron chi connectivity index (χ0n) is 20.6. The van der Waals surface area contributed by atoms with Gasteiger partial charge in [0, 0.05) is 24.1 Å². The molecule has 2 unspecified atom stereocenters. The molecule has 39 heavy (non-hydrogen) atoms. The third kappa shape index (κ3) is 3.85. The maximum absolute atomic E-state index is 14.9. The Bertz CT molecular complexity index is 1580. The van der Waals surface area contributed by atoms with Gasteiger partial charge in [-0.25, -0.2) is 32.5 Å². The number of anilines is 2. The van der Waals surface area contributed by atoms with Crippen LogP contribution in [-0.2, 0) is 6.54 Å².